The number of rotatable bonds is 5. The molecule has 2 aromatic carbocycles. The molecule has 3 rings (SSSR count). The van der Waals surface area contributed by atoms with E-state index in [1.54, 1.807) is 30.9 Å². The zero-order valence-corrected chi connectivity index (χ0v) is 13.5. The van der Waals surface area contributed by atoms with Crippen molar-refractivity contribution >= 4 is 5.95 Å². The van der Waals surface area contributed by atoms with Gasteiger partial charge in [-0.2, -0.15) is 0 Å². The van der Waals surface area contributed by atoms with Gasteiger partial charge in [0, 0.05) is 11.8 Å². The predicted molar refractivity (Wildman–Crippen MR) is 90.7 cm³/mol. The maximum Gasteiger partial charge on any atom is 0.201 e. The van der Waals surface area contributed by atoms with Crippen molar-refractivity contribution in [3.8, 4) is 22.8 Å². The summed E-state index contributed by atoms with van der Waals surface area (Å²) in [4.78, 5) is 4.35. The van der Waals surface area contributed by atoms with Gasteiger partial charge in [0.05, 0.1) is 32.0 Å². The second-order valence-electron chi connectivity index (χ2n) is 5.26. The smallest absolute Gasteiger partial charge is 0.201 e. The van der Waals surface area contributed by atoms with Crippen LogP contribution < -0.4 is 15.2 Å². The van der Waals surface area contributed by atoms with Gasteiger partial charge in [0.25, 0.3) is 0 Å². The van der Waals surface area contributed by atoms with Gasteiger partial charge in [0.2, 0.25) is 5.95 Å². The Morgan fingerprint density at radius 1 is 1.04 bits per heavy atom. The Morgan fingerprint density at radius 2 is 1.67 bits per heavy atom. The van der Waals surface area contributed by atoms with E-state index in [-0.39, 0.29) is 5.82 Å². The Labute approximate surface area is 139 Å². The Bertz CT molecular complexity index is 822. The van der Waals surface area contributed by atoms with Gasteiger partial charge in [0.1, 0.15) is 17.3 Å². The first-order valence-corrected chi connectivity index (χ1v) is 7.41. The number of halogens is 1. The fourth-order valence-corrected chi connectivity index (χ4v) is 2.57. The van der Waals surface area contributed by atoms with E-state index in [9.17, 15) is 4.39 Å². The molecule has 0 aliphatic rings. The quantitative estimate of drug-likeness (QED) is 0.781. The number of hydrogen-bond acceptors (Lipinski definition) is 4. The maximum absolute atomic E-state index is 13.1. The molecule has 0 amide bonds. The van der Waals surface area contributed by atoms with Crippen LogP contribution in [0.3, 0.4) is 0 Å². The Kier molecular flexibility index (Phi) is 4.37. The number of nitrogens with two attached hydrogens (primary N) is 1. The number of aromatic nitrogens is 2. The highest BCUT2D eigenvalue weighted by molar-refractivity contribution is 5.60. The van der Waals surface area contributed by atoms with Gasteiger partial charge in [-0.05, 0) is 36.4 Å². The van der Waals surface area contributed by atoms with E-state index in [2.05, 4.69) is 4.98 Å². The second-order valence-corrected chi connectivity index (χ2v) is 5.26. The average molecular weight is 327 g/mol. The first kappa shape index (κ1) is 15.9. The van der Waals surface area contributed by atoms with E-state index in [4.69, 9.17) is 15.2 Å². The van der Waals surface area contributed by atoms with Crippen LogP contribution in [0.4, 0.5) is 10.3 Å². The molecule has 124 valence electrons. The third-order valence-corrected chi connectivity index (χ3v) is 3.81. The molecule has 0 aliphatic carbocycles. The SMILES string of the molecule is COc1cccc(OC)c1Cn1cc(-c2ccc(F)cc2)nc1N. The van der Waals surface area contributed by atoms with Crippen LogP contribution in [0.1, 0.15) is 5.56 Å². The third-order valence-electron chi connectivity index (χ3n) is 3.81. The summed E-state index contributed by atoms with van der Waals surface area (Å²) in [5.74, 6) is 1.50. The van der Waals surface area contributed by atoms with E-state index in [0.717, 1.165) is 11.1 Å². The highest BCUT2D eigenvalue weighted by Gasteiger charge is 2.14. The summed E-state index contributed by atoms with van der Waals surface area (Å²) < 4.78 is 25.7. The Hall–Kier alpha value is -3.02. The molecule has 3 aromatic rings. The van der Waals surface area contributed by atoms with Gasteiger partial charge in [-0.3, -0.25) is 0 Å². The van der Waals surface area contributed by atoms with E-state index in [1.165, 1.54) is 12.1 Å². The van der Waals surface area contributed by atoms with Crippen LogP contribution in [0, 0.1) is 5.82 Å². The largest absolute Gasteiger partial charge is 0.496 e. The first-order valence-electron chi connectivity index (χ1n) is 7.41. The molecular weight excluding hydrogens is 309 g/mol. The molecule has 6 heteroatoms. The molecule has 5 nitrogen and oxygen atoms in total. The summed E-state index contributed by atoms with van der Waals surface area (Å²) in [6.07, 6.45) is 1.83. The van der Waals surface area contributed by atoms with Crippen molar-refractivity contribution in [2.75, 3.05) is 20.0 Å². The molecule has 1 aromatic heterocycles. The molecule has 0 saturated heterocycles. The van der Waals surface area contributed by atoms with Crippen LogP contribution >= 0.6 is 0 Å². The molecule has 0 aliphatic heterocycles. The Balaban J connectivity index is 1.96. The maximum atomic E-state index is 13.1. The molecule has 24 heavy (non-hydrogen) atoms. The molecule has 0 radical (unpaired) electrons. The summed E-state index contributed by atoms with van der Waals surface area (Å²) in [5, 5.41) is 0. The minimum absolute atomic E-state index is 0.287. The fourth-order valence-electron chi connectivity index (χ4n) is 2.57. The zero-order valence-electron chi connectivity index (χ0n) is 13.5. The van der Waals surface area contributed by atoms with Crippen molar-refractivity contribution in [2.24, 2.45) is 0 Å². The number of methoxy groups -OCH3 is 2. The van der Waals surface area contributed by atoms with Gasteiger partial charge < -0.3 is 19.8 Å². The highest BCUT2D eigenvalue weighted by atomic mass is 19.1. The lowest BCUT2D eigenvalue weighted by molar-refractivity contribution is 0.383. The number of hydrogen-bond donors (Lipinski definition) is 1. The molecule has 2 N–H and O–H groups in total. The van der Waals surface area contributed by atoms with Crippen LogP contribution in [0.2, 0.25) is 0 Å². The van der Waals surface area contributed by atoms with Gasteiger partial charge in [-0.15, -0.1) is 0 Å². The van der Waals surface area contributed by atoms with Crippen molar-refractivity contribution in [3.63, 3.8) is 0 Å². The second kappa shape index (κ2) is 6.62. The zero-order chi connectivity index (χ0) is 17.1. The minimum Gasteiger partial charge on any atom is -0.496 e. The summed E-state index contributed by atoms with van der Waals surface area (Å²) >= 11 is 0. The molecule has 0 unspecified atom stereocenters. The minimum atomic E-state index is -0.287. The number of nitrogen functional groups attached to an aromatic ring is 1. The van der Waals surface area contributed by atoms with Crippen molar-refractivity contribution < 1.29 is 13.9 Å². The number of ether oxygens (including phenoxy) is 2. The van der Waals surface area contributed by atoms with Crippen molar-refractivity contribution in [1.29, 1.82) is 0 Å². The summed E-state index contributed by atoms with van der Waals surface area (Å²) in [7, 11) is 3.22. The van der Waals surface area contributed by atoms with Gasteiger partial charge in [-0.25, -0.2) is 9.37 Å². The normalized spacial score (nSPS) is 10.6. The highest BCUT2D eigenvalue weighted by Crippen LogP contribution is 2.30. The number of anilines is 1. The molecule has 0 fully saturated rings. The molecular formula is C18H18FN3O2. The molecule has 0 saturated carbocycles. The van der Waals surface area contributed by atoms with Crippen molar-refractivity contribution in [1.82, 2.24) is 9.55 Å². The number of imidazole rings is 1. The Morgan fingerprint density at radius 3 is 2.25 bits per heavy atom. The number of benzene rings is 2. The summed E-state index contributed by atoms with van der Waals surface area (Å²) in [5.41, 5.74) is 8.39. The van der Waals surface area contributed by atoms with Crippen LogP contribution in [-0.2, 0) is 6.54 Å². The van der Waals surface area contributed by atoms with E-state index in [1.807, 2.05) is 24.4 Å². The monoisotopic (exact) mass is 327 g/mol. The van der Waals surface area contributed by atoms with E-state index in [0.29, 0.717) is 29.7 Å². The average Bonchev–Trinajstić information content (AvgIpc) is 2.96. The van der Waals surface area contributed by atoms with Crippen LogP contribution in [0.25, 0.3) is 11.3 Å². The van der Waals surface area contributed by atoms with E-state index >= 15 is 0 Å². The van der Waals surface area contributed by atoms with Gasteiger partial charge in [0.15, 0.2) is 0 Å². The lowest BCUT2D eigenvalue weighted by atomic mass is 10.1. The van der Waals surface area contributed by atoms with Crippen LogP contribution in [-0.4, -0.2) is 23.8 Å². The van der Waals surface area contributed by atoms with Gasteiger partial charge in [-0.1, -0.05) is 6.07 Å². The van der Waals surface area contributed by atoms with Gasteiger partial charge >= 0.3 is 0 Å². The van der Waals surface area contributed by atoms with Crippen molar-refractivity contribution in [3.05, 3.63) is 60.0 Å². The predicted octanol–water partition coefficient (Wildman–Crippen LogP) is 3.34. The summed E-state index contributed by atoms with van der Waals surface area (Å²) in [6, 6.07) is 11.7. The summed E-state index contributed by atoms with van der Waals surface area (Å²) in [6.45, 7) is 0.452. The van der Waals surface area contributed by atoms with Crippen LogP contribution in [0.15, 0.2) is 48.7 Å². The molecule has 0 spiro atoms. The molecule has 0 atom stereocenters. The molecule has 1 heterocycles. The van der Waals surface area contributed by atoms with E-state index < -0.39 is 0 Å². The topological polar surface area (TPSA) is 62.3 Å². The fraction of sp³-hybridized carbons (Fsp3) is 0.167. The number of nitrogens with zero attached hydrogens (tertiary/aromatic N) is 2. The standard InChI is InChI=1S/C18H18FN3O2/c1-23-16-4-3-5-17(24-2)14(16)10-22-11-15(21-18(22)20)12-6-8-13(19)9-7-12/h3-9,11H,10H2,1-2H3,(H2,20,21). The van der Waals surface area contributed by atoms with Crippen molar-refractivity contribution in [2.45, 2.75) is 6.54 Å². The molecule has 0 bridgehead atoms. The first-order chi connectivity index (χ1) is 11.6. The lowest BCUT2D eigenvalue weighted by Crippen LogP contribution is -2.06. The lowest BCUT2D eigenvalue weighted by Gasteiger charge is -2.13. The third kappa shape index (κ3) is 3.03. The van der Waals surface area contributed by atoms with Crippen LogP contribution in [0.5, 0.6) is 11.5 Å².